The summed E-state index contributed by atoms with van der Waals surface area (Å²) in [6.45, 7) is 1.97. The van der Waals surface area contributed by atoms with Gasteiger partial charge < -0.3 is 23.8 Å². The fraction of sp³-hybridized carbons (Fsp3) is 0.300. The fourth-order valence-electron chi connectivity index (χ4n) is 2.76. The van der Waals surface area contributed by atoms with Gasteiger partial charge in [-0.05, 0) is 48.9 Å². The zero-order chi connectivity index (χ0) is 20.1. The minimum absolute atomic E-state index is 0.0591. The molecule has 0 bridgehead atoms. The summed E-state index contributed by atoms with van der Waals surface area (Å²) >= 11 is 11.9. The first-order valence-electron chi connectivity index (χ1n) is 8.60. The van der Waals surface area contributed by atoms with Crippen molar-refractivity contribution in [1.29, 1.82) is 0 Å². The molecule has 8 heteroatoms. The van der Waals surface area contributed by atoms with Gasteiger partial charge in [-0.1, -0.05) is 29.3 Å². The standard InChI is InChI=1S/C20H20Cl2NO5/c1-25-17-5-3-13(9-18(17)26-2)7-8-23-12-28-19(20(23)24)11-27-16-6-4-14(21)10-15(16)22/h3-6,9-10,12,19H,7-8,11H2,1-2H3/q-1. The maximum atomic E-state index is 12.5. The van der Waals surface area contributed by atoms with E-state index in [1.807, 2.05) is 18.2 Å². The molecule has 6 nitrogen and oxygen atoms in total. The Balaban J connectivity index is 1.52. The van der Waals surface area contributed by atoms with Gasteiger partial charge in [-0.3, -0.25) is 4.79 Å². The molecule has 0 spiro atoms. The van der Waals surface area contributed by atoms with Crippen molar-refractivity contribution >= 4 is 29.1 Å². The lowest BCUT2D eigenvalue weighted by Gasteiger charge is -2.23. The van der Waals surface area contributed by atoms with Crippen molar-refractivity contribution in [1.82, 2.24) is 4.90 Å². The van der Waals surface area contributed by atoms with Crippen molar-refractivity contribution < 1.29 is 23.7 Å². The quantitative estimate of drug-likeness (QED) is 0.599. The predicted molar refractivity (Wildman–Crippen MR) is 106 cm³/mol. The summed E-state index contributed by atoms with van der Waals surface area (Å²) in [7, 11) is 3.18. The first kappa shape index (κ1) is 20.6. The largest absolute Gasteiger partial charge is 0.520 e. The Labute approximate surface area is 173 Å². The van der Waals surface area contributed by atoms with E-state index in [4.69, 9.17) is 42.1 Å². The van der Waals surface area contributed by atoms with Gasteiger partial charge in [0.1, 0.15) is 18.5 Å². The number of rotatable bonds is 8. The number of methoxy groups -OCH3 is 2. The third kappa shape index (κ3) is 4.82. The van der Waals surface area contributed by atoms with Crippen LogP contribution in [0.3, 0.4) is 0 Å². The van der Waals surface area contributed by atoms with Crippen LogP contribution in [0.2, 0.25) is 10.0 Å². The molecule has 0 radical (unpaired) electrons. The molecular formula is C20H20Cl2NO5-. The van der Waals surface area contributed by atoms with Gasteiger partial charge in [0.15, 0.2) is 11.5 Å². The van der Waals surface area contributed by atoms with Crippen molar-refractivity contribution in [3.63, 3.8) is 0 Å². The molecule has 28 heavy (non-hydrogen) atoms. The summed E-state index contributed by atoms with van der Waals surface area (Å²) in [5.74, 6) is 1.60. The van der Waals surface area contributed by atoms with E-state index in [2.05, 4.69) is 0 Å². The first-order chi connectivity index (χ1) is 13.5. The number of amides is 1. The molecule has 1 unspecified atom stereocenters. The SMILES string of the molecule is COc1ccc(CCN2[CH-]OC(COc3ccc(Cl)cc3Cl)C2=O)cc1OC. The summed E-state index contributed by atoms with van der Waals surface area (Å²) in [4.78, 5) is 14.0. The van der Waals surface area contributed by atoms with E-state index in [1.54, 1.807) is 32.4 Å². The van der Waals surface area contributed by atoms with E-state index in [9.17, 15) is 4.79 Å². The lowest BCUT2D eigenvalue weighted by Crippen LogP contribution is -2.33. The van der Waals surface area contributed by atoms with Crippen LogP contribution < -0.4 is 14.2 Å². The van der Waals surface area contributed by atoms with E-state index in [0.29, 0.717) is 40.3 Å². The molecular weight excluding hydrogens is 405 g/mol. The normalized spacial score (nSPS) is 16.4. The minimum atomic E-state index is -0.711. The van der Waals surface area contributed by atoms with Crippen LogP contribution >= 0.6 is 23.2 Å². The van der Waals surface area contributed by atoms with Crippen molar-refractivity contribution in [2.75, 3.05) is 27.4 Å². The second kappa shape index (κ2) is 9.37. The van der Waals surface area contributed by atoms with E-state index in [-0.39, 0.29) is 12.5 Å². The lowest BCUT2D eigenvalue weighted by atomic mass is 10.1. The highest BCUT2D eigenvalue weighted by Crippen LogP contribution is 2.29. The van der Waals surface area contributed by atoms with Gasteiger partial charge in [0.2, 0.25) is 5.91 Å². The second-order valence-corrected chi connectivity index (χ2v) is 6.93. The number of carbonyl (C=O) groups excluding carboxylic acids is 1. The Hall–Kier alpha value is -2.15. The molecule has 1 fully saturated rings. The summed E-state index contributed by atoms with van der Waals surface area (Å²) < 4.78 is 21.6. The van der Waals surface area contributed by atoms with Crippen LogP contribution in [0.25, 0.3) is 0 Å². The molecule has 0 saturated carbocycles. The summed E-state index contributed by atoms with van der Waals surface area (Å²) in [5, 5.41) is 0.896. The first-order valence-corrected chi connectivity index (χ1v) is 9.35. The van der Waals surface area contributed by atoms with Gasteiger partial charge >= 0.3 is 0 Å². The van der Waals surface area contributed by atoms with Crippen molar-refractivity contribution in [3.05, 3.63) is 58.7 Å². The van der Waals surface area contributed by atoms with Gasteiger partial charge in [-0.25, -0.2) is 0 Å². The molecule has 1 aliphatic heterocycles. The third-order valence-corrected chi connectivity index (χ3v) is 4.81. The molecule has 3 rings (SSSR count). The molecule has 1 aliphatic rings. The van der Waals surface area contributed by atoms with Crippen LogP contribution in [-0.4, -0.2) is 44.3 Å². The van der Waals surface area contributed by atoms with Crippen LogP contribution in [0.4, 0.5) is 0 Å². The van der Waals surface area contributed by atoms with Crippen LogP contribution in [0.15, 0.2) is 36.4 Å². The van der Waals surface area contributed by atoms with Crippen molar-refractivity contribution in [2.24, 2.45) is 0 Å². The number of carbonyl (C=O) groups is 1. The van der Waals surface area contributed by atoms with Crippen LogP contribution in [0.1, 0.15) is 5.56 Å². The molecule has 2 aromatic carbocycles. The maximum absolute atomic E-state index is 12.5. The highest BCUT2D eigenvalue weighted by Gasteiger charge is 2.26. The van der Waals surface area contributed by atoms with Gasteiger partial charge in [0.25, 0.3) is 0 Å². The second-order valence-electron chi connectivity index (χ2n) is 6.09. The summed E-state index contributed by atoms with van der Waals surface area (Å²) in [6.07, 6.45) is -0.0696. The average molecular weight is 425 g/mol. The Bertz CT molecular complexity index is 845. The Morgan fingerprint density at radius 1 is 1.07 bits per heavy atom. The molecule has 150 valence electrons. The van der Waals surface area contributed by atoms with Crippen LogP contribution in [0, 0.1) is 6.73 Å². The number of hydrogen-bond donors (Lipinski definition) is 0. The average Bonchev–Trinajstić information content (AvgIpc) is 3.05. The van der Waals surface area contributed by atoms with Crippen molar-refractivity contribution in [3.8, 4) is 17.2 Å². The highest BCUT2D eigenvalue weighted by molar-refractivity contribution is 6.35. The van der Waals surface area contributed by atoms with E-state index in [1.165, 1.54) is 11.6 Å². The van der Waals surface area contributed by atoms with Gasteiger partial charge in [-0.15, -0.1) is 6.73 Å². The van der Waals surface area contributed by atoms with Gasteiger partial charge in [0, 0.05) is 5.02 Å². The molecule has 0 N–H and O–H groups in total. The Morgan fingerprint density at radius 2 is 1.82 bits per heavy atom. The number of hydrogen-bond acceptors (Lipinski definition) is 5. The third-order valence-electron chi connectivity index (χ3n) is 4.28. The van der Waals surface area contributed by atoms with Crippen LogP contribution in [0.5, 0.6) is 17.2 Å². The molecule has 1 heterocycles. The zero-order valence-electron chi connectivity index (χ0n) is 15.5. The molecule has 0 aliphatic carbocycles. The summed E-state index contributed by atoms with van der Waals surface area (Å²) in [6, 6.07) is 10.6. The summed E-state index contributed by atoms with van der Waals surface area (Å²) in [5.41, 5.74) is 1.02. The molecule has 1 atom stereocenters. The lowest BCUT2D eigenvalue weighted by molar-refractivity contribution is -0.130. The molecule has 1 saturated heterocycles. The number of benzene rings is 2. The minimum Gasteiger partial charge on any atom is -0.520 e. The van der Waals surface area contributed by atoms with Crippen LogP contribution in [-0.2, 0) is 16.0 Å². The Morgan fingerprint density at radius 3 is 2.54 bits per heavy atom. The van der Waals surface area contributed by atoms with E-state index in [0.717, 1.165) is 5.56 Å². The van der Waals surface area contributed by atoms with Gasteiger partial charge in [0.05, 0.1) is 19.2 Å². The number of nitrogens with zero attached hydrogens (tertiary/aromatic N) is 1. The van der Waals surface area contributed by atoms with E-state index >= 15 is 0 Å². The smallest absolute Gasteiger partial charge is 0.225 e. The monoisotopic (exact) mass is 424 g/mol. The topological polar surface area (TPSA) is 57.2 Å². The van der Waals surface area contributed by atoms with E-state index < -0.39 is 6.10 Å². The zero-order valence-corrected chi connectivity index (χ0v) is 17.0. The molecule has 1 amide bonds. The maximum Gasteiger partial charge on any atom is 0.225 e. The predicted octanol–water partition coefficient (Wildman–Crippen LogP) is 3.98. The molecule has 0 aromatic heterocycles. The molecule has 2 aromatic rings. The fourth-order valence-corrected chi connectivity index (χ4v) is 3.22. The van der Waals surface area contributed by atoms with Crippen molar-refractivity contribution in [2.45, 2.75) is 12.5 Å². The van der Waals surface area contributed by atoms with Gasteiger partial charge in [-0.2, -0.15) is 0 Å². The number of ether oxygens (including phenoxy) is 4. The highest BCUT2D eigenvalue weighted by atomic mass is 35.5. The Kier molecular flexibility index (Phi) is 6.88. The number of halogens is 2.